The molecule has 0 radical (unpaired) electrons. The maximum atomic E-state index is 4.56. The van der Waals surface area contributed by atoms with Crippen LogP contribution in [-0.4, -0.2) is 19.9 Å². The Bertz CT molecular complexity index is 999. The molecule has 0 atom stereocenters. The first-order valence-corrected chi connectivity index (χ1v) is 8.58. The van der Waals surface area contributed by atoms with Gasteiger partial charge < -0.3 is 15.6 Å². The normalized spacial score (nSPS) is 10.8. The molecule has 6 nitrogen and oxygen atoms in total. The van der Waals surface area contributed by atoms with Crippen LogP contribution in [0.4, 0.5) is 17.5 Å². The maximum absolute atomic E-state index is 4.56. The molecule has 0 aliphatic rings. The highest BCUT2D eigenvalue weighted by Crippen LogP contribution is 2.26. The minimum atomic E-state index is 0.528. The predicted molar refractivity (Wildman–Crippen MR) is 103 cm³/mol. The minimum Gasteiger partial charge on any atom is -0.363 e. The van der Waals surface area contributed by atoms with Crippen molar-refractivity contribution in [1.29, 1.82) is 0 Å². The molecule has 0 fully saturated rings. The van der Waals surface area contributed by atoms with Crippen LogP contribution in [0.25, 0.3) is 10.9 Å². The number of anilines is 3. The van der Waals surface area contributed by atoms with Gasteiger partial charge in [-0.25, -0.2) is 4.98 Å². The molecule has 3 aromatic heterocycles. The molecular weight excluding hydrogens is 380 g/mol. The van der Waals surface area contributed by atoms with Crippen molar-refractivity contribution in [3.8, 4) is 0 Å². The van der Waals surface area contributed by atoms with Gasteiger partial charge in [-0.3, -0.25) is 4.98 Å². The van der Waals surface area contributed by atoms with Crippen molar-refractivity contribution in [3.05, 3.63) is 71.2 Å². The van der Waals surface area contributed by atoms with Crippen molar-refractivity contribution in [3.63, 3.8) is 0 Å². The van der Waals surface area contributed by atoms with Crippen LogP contribution in [0.15, 0.2) is 65.5 Å². The summed E-state index contributed by atoms with van der Waals surface area (Å²) in [6, 6.07) is 13.9. The summed E-state index contributed by atoms with van der Waals surface area (Å²) in [5, 5.41) is 7.66. The number of aromatic nitrogens is 4. The molecule has 0 saturated carbocycles. The second-order valence-electron chi connectivity index (χ2n) is 5.43. The molecule has 3 heterocycles. The number of pyridine rings is 1. The fraction of sp³-hybridized carbons (Fsp3) is 0.0556. The van der Waals surface area contributed by atoms with Gasteiger partial charge in [0.1, 0.15) is 5.82 Å². The highest BCUT2D eigenvalue weighted by atomic mass is 79.9. The molecule has 0 saturated heterocycles. The van der Waals surface area contributed by atoms with Gasteiger partial charge in [-0.1, -0.05) is 12.1 Å². The number of benzene rings is 1. The molecule has 0 aliphatic carbocycles. The molecule has 25 heavy (non-hydrogen) atoms. The summed E-state index contributed by atoms with van der Waals surface area (Å²) >= 11 is 3.48. The Morgan fingerprint density at radius 2 is 2.00 bits per heavy atom. The van der Waals surface area contributed by atoms with Gasteiger partial charge in [0.15, 0.2) is 0 Å². The lowest BCUT2D eigenvalue weighted by atomic mass is 10.2. The number of halogens is 1. The first-order chi connectivity index (χ1) is 12.3. The summed E-state index contributed by atoms with van der Waals surface area (Å²) in [5.74, 6) is 1.24. The molecule has 0 bridgehead atoms. The lowest BCUT2D eigenvalue weighted by molar-refractivity contribution is 1.02. The summed E-state index contributed by atoms with van der Waals surface area (Å²) in [4.78, 5) is 16.4. The number of rotatable bonds is 5. The van der Waals surface area contributed by atoms with Crippen LogP contribution in [-0.2, 0) is 6.54 Å². The van der Waals surface area contributed by atoms with E-state index in [0.717, 1.165) is 26.8 Å². The number of nitrogens with one attached hydrogen (secondary N) is 3. The second-order valence-corrected chi connectivity index (χ2v) is 6.29. The van der Waals surface area contributed by atoms with Crippen molar-refractivity contribution in [2.45, 2.75) is 6.54 Å². The fourth-order valence-corrected chi connectivity index (χ4v) is 2.87. The number of hydrogen-bond acceptors (Lipinski definition) is 5. The number of fused-ring (bicyclic) bond motifs is 1. The molecule has 0 aliphatic heterocycles. The van der Waals surface area contributed by atoms with E-state index in [2.05, 4.69) is 46.5 Å². The SMILES string of the molecule is Brc1cnc(Nc2cccc3[nH]ccc23)nc1NCc1ccccn1. The third-order valence-electron chi connectivity index (χ3n) is 3.75. The summed E-state index contributed by atoms with van der Waals surface area (Å²) in [6.07, 6.45) is 5.42. The number of nitrogens with zero attached hydrogens (tertiary/aromatic N) is 3. The molecule has 3 N–H and O–H groups in total. The van der Waals surface area contributed by atoms with Gasteiger partial charge in [0, 0.05) is 29.5 Å². The van der Waals surface area contributed by atoms with E-state index < -0.39 is 0 Å². The number of hydrogen-bond donors (Lipinski definition) is 3. The minimum absolute atomic E-state index is 0.528. The smallest absolute Gasteiger partial charge is 0.229 e. The van der Waals surface area contributed by atoms with Gasteiger partial charge in [-0.15, -0.1) is 0 Å². The Labute approximate surface area is 152 Å². The van der Waals surface area contributed by atoms with Crippen molar-refractivity contribution in [2.24, 2.45) is 0 Å². The highest BCUT2D eigenvalue weighted by Gasteiger charge is 2.08. The van der Waals surface area contributed by atoms with Crippen molar-refractivity contribution in [2.75, 3.05) is 10.6 Å². The Morgan fingerprint density at radius 3 is 2.88 bits per heavy atom. The van der Waals surface area contributed by atoms with E-state index in [4.69, 9.17) is 0 Å². The van der Waals surface area contributed by atoms with Crippen LogP contribution in [0, 0.1) is 0 Å². The van der Waals surface area contributed by atoms with Gasteiger partial charge in [-0.2, -0.15) is 4.98 Å². The standard InChI is InChI=1S/C18H15BrN6/c19-14-11-23-18(24-16-6-3-5-15-13(16)7-9-21-15)25-17(14)22-10-12-4-1-2-8-20-12/h1-9,11,21H,10H2,(H2,22,23,24,25). The van der Waals surface area contributed by atoms with Crippen molar-refractivity contribution in [1.82, 2.24) is 19.9 Å². The van der Waals surface area contributed by atoms with Crippen LogP contribution in [0.2, 0.25) is 0 Å². The van der Waals surface area contributed by atoms with E-state index in [0.29, 0.717) is 18.3 Å². The Morgan fingerprint density at radius 1 is 1.04 bits per heavy atom. The van der Waals surface area contributed by atoms with Gasteiger partial charge in [0.2, 0.25) is 5.95 Å². The molecule has 0 spiro atoms. The largest absolute Gasteiger partial charge is 0.363 e. The van der Waals surface area contributed by atoms with Crippen LogP contribution in [0.3, 0.4) is 0 Å². The summed E-state index contributed by atoms with van der Waals surface area (Å²) in [7, 11) is 0. The molecule has 1 aromatic carbocycles. The quantitative estimate of drug-likeness (QED) is 0.465. The van der Waals surface area contributed by atoms with Gasteiger partial charge >= 0.3 is 0 Å². The van der Waals surface area contributed by atoms with Crippen molar-refractivity contribution >= 4 is 44.3 Å². The molecule has 4 aromatic rings. The van der Waals surface area contributed by atoms with Gasteiger partial charge in [0.25, 0.3) is 0 Å². The van der Waals surface area contributed by atoms with Crippen LogP contribution < -0.4 is 10.6 Å². The van der Waals surface area contributed by atoms with Crippen LogP contribution in [0.1, 0.15) is 5.69 Å². The van der Waals surface area contributed by atoms with E-state index in [-0.39, 0.29) is 0 Å². The Hall–Kier alpha value is -2.93. The zero-order valence-corrected chi connectivity index (χ0v) is 14.8. The average Bonchev–Trinajstić information content (AvgIpc) is 3.13. The number of H-pyrrole nitrogens is 1. The van der Waals surface area contributed by atoms with E-state index in [1.165, 1.54) is 0 Å². The summed E-state index contributed by atoms with van der Waals surface area (Å²) in [5.41, 5.74) is 2.96. The van der Waals surface area contributed by atoms with E-state index >= 15 is 0 Å². The topological polar surface area (TPSA) is 78.5 Å². The van der Waals surface area contributed by atoms with Gasteiger partial charge in [0.05, 0.1) is 22.4 Å². The Balaban J connectivity index is 1.56. The lowest BCUT2D eigenvalue weighted by Crippen LogP contribution is -2.06. The van der Waals surface area contributed by atoms with E-state index in [9.17, 15) is 0 Å². The molecule has 0 unspecified atom stereocenters. The summed E-state index contributed by atoms with van der Waals surface area (Å²) in [6.45, 7) is 0.587. The Kier molecular flexibility index (Phi) is 4.30. The van der Waals surface area contributed by atoms with Crippen molar-refractivity contribution < 1.29 is 0 Å². The average molecular weight is 395 g/mol. The number of aromatic amines is 1. The van der Waals surface area contributed by atoms with E-state index in [1.54, 1.807) is 12.4 Å². The predicted octanol–water partition coefficient (Wildman–Crippen LogP) is 4.47. The van der Waals surface area contributed by atoms with E-state index in [1.807, 2.05) is 48.7 Å². The van der Waals surface area contributed by atoms with Crippen LogP contribution in [0.5, 0.6) is 0 Å². The first kappa shape index (κ1) is 15.6. The molecule has 4 rings (SSSR count). The van der Waals surface area contributed by atoms with Crippen LogP contribution >= 0.6 is 15.9 Å². The first-order valence-electron chi connectivity index (χ1n) is 7.79. The third-order valence-corrected chi connectivity index (χ3v) is 4.33. The van der Waals surface area contributed by atoms with Gasteiger partial charge in [-0.05, 0) is 46.3 Å². The zero-order chi connectivity index (χ0) is 17.1. The molecule has 7 heteroatoms. The monoisotopic (exact) mass is 394 g/mol. The summed E-state index contributed by atoms with van der Waals surface area (Å²) < 4.78 is 0.800. The fourth-order valence-electron chi connectivity index (χ4n) is 2.54. The molecule has 0 amide bonds. The molecular formula is C18H15BrN6. The second kappa shape index (κ2) is 6.90. The lowest BCUT2D eigenvalue weighted by Gasteiger charge is -2.10. The zero-order valence-electron chi connectivity index (χ0n) is 13.2. The highest BCUT2D eigenvalue weighted by molar-refractivity contribution is 9.10. The maximum Gasteiger partial charge on any atom is 0.229 e. The molecule has 124 valence electrons. The third kappa shape index (κ3) is 3.46.